The summed E-state index contributed by atoms with van der Waals surface area (Å²) >= 11 is 0. The molecule has 7 heteroatoms. The number of hydrogen-bond acceptors (Lipinski definition) is 5. The standard InChI is InChI=1S/C21H24N2O4S/c1-14(2)16-6-9-19(10-7-16)28(26,27)13-21(4,25)20(24)23-18-8-5-17(12-22)15(3)11-18/h5-11,14,25H,13H2,1-4H3,(H,23,24)/t21-/m0/s1. The third-order valence-corrected chi connectivity index (χ3v) is 6.40. The van der Waals surface area contributed by atoms with Crippen LogP contribution in [0.15, 0.2) is 47.4 Å². The lowest BCUT2D eigenvalue weighted by Gasteiger charge is -2.22. The summed E-state index contributed by atoms with van der Waals surface area (Å²) in [5, 5.41) is 22.0. The Labute approximate surface area is 165 Å². The fourth-order valence-corrected chi connectivity index (χ4v) is 4.30. The van der Waals surface area contributed by atoms with Crippen molar-refractivity contribution in [1.29, 1.82) is 5.26 Å². The molecule has 0 spiro atoms. The van der Waals surface area contributed by atoms with Crippen molar-refractivity contribution in [2.24, 2.45) is 0 Å². The second-order valence-electron chi connectivity index (χ2n) is 7.35. The summed E-state index contributed by atoms with van der Waals surface area (Å²) in [6.07, 6.45) is 0. The van der Waals surface area contributed by atoms with E-state index in [1.807, 2.05) is 19.9 Å². The highest BCUT2D eigenvalue weighted by molar-refractivity contribution is 7.91. The number of aryl methyl sites for hydroxylation is 1. The quantitative estimate of drug-likeness (QED) is 0.774. The van der Waals surface area contributed by atoms with Gasteiger partial charge in [-0.15, -0.1) is 0 Å². The lowest BCUT2D eigenvalue weighted by Crippen LogP contribution is -2.45. The molecule has 0 aliphatic rings. The maximum absolute atomic E-state index is 12.6. The normalized spacial score (nSPS) is 13.6. The fraction of sp³-hybridized carbons (Fsp3) is 0.333. The number of rotatable bonds is 6. The van der Waals surface area contributed by atoms with Gasteiger partial charge in [-0.25, -0.2) is 8.42 Å². The summed E-state index contributed by atoms with van der Waals surface area (Å²) in [7, 11) is -3.87. The van der Waals surface area contributed by atoms with Crippen LogP contribution in [0.5, 0.6) is 0 Å². The molecule has 2 rings (SSSR count). The molecule has 0 aliphatic carbocycles. The van der Waals surface area contributed by atoms with E-state index in [-0.39, 0.29) is 10.8 Å². The molecule has 6 nitrogen and oxygen atoms in total. The minimum absolute atomic E-state index is 0.0548. The molecular formula is C21H24N2O4S. The molecule has 0 radical (unpaired) electrons. The van der Waals surface area contributed by atoms with Crippen LogP contribution in [0.25, 0.3) is 0 Å². The molecule has 0 aromatic heterocycles. The van der Waals surface area contributed by atoms with Crippen LogP contribution >= 0.6 is 0 Å². The van der Waals surface area contributed by atoms with Gasteiger partial charge in [0.2, 0.25) is 0 Å². The lowest BCUT2D eigenvalue weighted by molar-refractivity contribution is -0.130. The summed E-state index contributed by atoms with van der Waals surface area (Å²) in [4.78, 5) is 12.5. The number of anilines is 1. The summed E-state index contributed by atoms with van der Waals surface area (Å²) in [5.41, 5.74) is 0.382. The fourth-order valence-electron chi connectivity index (χ4n) is 2.71. The Morgan fingerprint density at radius 2 is 1.82 bits per heavy atom. The third-order valence-electron chi connectivity index (χ3n) is 4.47. The Kier molecular flexibility index (Phi) is 6.27. The first-order valence-electron chi connectivity index (χ1n) is 8.83. The molecule has 2 aromatic rings. The first-order valence-corrected chi connectivity index (χ1v) is 10.5. The highest BCUT2D eigenvalue weighted by atomic mass is 32.2. The molecule has 0 heterocycles. The summed E-state index contributed by atoms with van der Waals surface area (Å²) < 4.78 is 25.3. The van der Waals surface area contributed by atoms with Gasteiger partial charge in [-0.1, -0.05) is 26.0 Å². The van der Waals surface area contributed by atoms with E-state index >= 15 is 0 Å². The van der Waals surface area contributed by atoms with E-state index in [1.165, 1.54) is 25.1 Å². The number of amides is 1. The lowest BCUT2D eigenvalue weighted by atomic mass is 10.0. The van der Waals surface area contributed by atoms with E-state index < -0.39 is 27.1 Å². The maximum Gasteiger partial charge on any atom is 0.257 e. The van der Waals surface area contributed by atoms with Crippen LogP contribution < -0.4 is 5.32 Å². The Morgan fingerprint density at radius 3 is 2.32 bits per heavy atom. The molecular weight excluding hydrogens is 376 g/mol. The Morgan fingerprint density at radius 1 is 1.21 bits per heavy atom. The van der Waals surface area contributed by atoms with Crippen LogP contribution in [0.2, 0.25) is 0 Å². The zero-order valence-electron chi connectivity index (χ0n) is 16.4. The number of nitrogens with zero attached hydrogens (tertiary/aromatic N) is 1. The van der Waals surface area contributed by atoms with E-state index in [0.717, 1.165) is 5.56 Å². The Balaban J connectivity index is 2.17. The van der Waals surface area contributed by atoms with Crippen LogP contribution in [-0.2, 0) is 14.6 Å². The number of hydrogen-bond donors (Lipinski definition) is 2. The Bertz CT molecular complexity index is 1020. The molecule has 28 heavy (non-hydrogen) atoms. The number of carbonyl (C=O) groups excluding carboxylic acids is 1. The van der Waals surface area contributed by atoms with Crippen molar-refractivity contribution in [2.45, 2.75) is 44.1 Å². The van der Waals surface area contributed by atoms with Gasteiger partial charge < -0.3 is 10.4 Å². The molecule has 2 aromatic carbocycles. The molecule has 1 amide bonds. The molecule has 0 bridgehead atoms. The largest absolute Gasteiger partial charge is 0.379 e. The van der Waals surface area contributed by atoms with Crippen molar-refractivity contribution in [3.63, 3.8) is 0 Å². The van der Waals surface area contributed by atoms with Crippen molar-refractivity contribution < 1.29 is 18.3 Å². The summed E-state index contributed by atoms with van der Waals surface area (Å²) in [5.74, 6) is -1.32. The minimum Gasteiger partial charge on any atom is -0.379 e. The van der Waals surface area contributed by atoms with Gasteiger partial charge in [0.25, 0.3) is 5.91 Å². The molecule has 148 valence electrons. The molecule has 0 unspecified atom stereocenters. The molecule has 1 atom stereocenters. The van der Waals surface area contributed by atoms with Gasteiger partial charge in [0.1, 0.15) is 0 Å². The van der Waals surface area contributed by atoms with Crippen LogP contribution in [0.3, 0.4) is 0 Å². The smallest absolute Gasteiger partial charge is 0.257 e. The van der Waals surface area contributed by atoms with Crippen LogP contribution in [0, 0.1) is 18.3 Å². The predicted molar refractivity (Wildman–Crippen MR) is 108 cm³/mol. The van der Waals surface area contributed by atoms with Crippen molar-refractivity contribution in [3.05, 3.63) is 59.2 Å². The molecule has 2 N–H and O–H groups in total. The average molecular weight is 401 g/mol. The van der Waals surface area contributed by atoms with Gasteiger partial charge >= 0.3 is 0 Å². The van der Waals surface area contributed by atoms with Crippen LogP contribution in [0.1, 0.15) is 43.4 Å². The predicted octanol–water partition coefficient (Wildman–Crippen LogP) is 3.15. The number of aliphatic hydroxyl groups is 1. The first kappa shape index (κ1) is 21.6. The first-order chi connectivity index (χ1) is 13.0. The average Bonchev–Trinajstić information content (AvgIpc) is 2.61. The zero-order chi connectivity index (χ0) is 21.1. The van der Waals surface area contributed by atoms with Crippen LogP contribution in [0.4, 0.5) is 5.69 Å². The summed E-state index contributed by atoms with van der Waals surface area (Å²) in [6.45, 7) is 6.89. The maximum atomic E-state index is 12.6. The van der Waals surface area contributed by atoms with E-state index in [0.29, 0.717) is 16.8 Å². The zero-order valence-corrected chi connectivity index (χ0v) is 17.2. The van der Waals surface area contributed by atoms with Crippen molar-refractivity contribution in [2.75, 3.05) is 11.1 Å². The monoisotopic (exact) mass is 400 g/mol. The second kappa shape index (κ2) is 8.13. The minimum atomic E-state index is -3.87. The Hall–Kier alpha value is -2.69. The van der Waals surface area contributed by atoms with Gasteiger partial charge in [-0.05, 0) is 61.2 Å². The van der Waals surface area contributed by atoms with Crippen molar-refractivity contribution in [3.8, 4) is 6.07 Å². The number of carbonyl (C=O) groups is 1. The van der Waals surface area contributed by atoms with Gasteiger partial charge in [0.15, 0.2) is 15.4 Å². The van der Waals surface area contributed by atoms with E-state index in [2.05, 4.69) is 5.32 Å². The molecule has 0 saturated carbocycles. The van der Waals surface area contributed by atoms with Gasteiger partial charge in [0.05, 0.1) is 22.3 Å². The van der Waals surface area contributed by atoms with E-state index in [9.17, 15) is 18.3 Å². The van der Waals surface area contributed by atoms with Crippen molar-refractivity contribution >= 4 is 21.4 Å². The topological polar surface area (TPSA) is 107 Å². The van der Waals surface area contributed by atoms with Gasteiger partial charge in [0, 0.05) is 5.69 Å². The van der Waals surface area contributed by atoms with E-state index in [1.54, 1.807) is 31.2 Å². The number of benzene rings is 2. The molecule has 0 aliphatic heterocycles. The SMILES string of the molecule is Cc1cc(NC(=O)[C@@](C)(O)CS(=O)(=O)c2ccc(C(C)C)cc2)ccc1C#N. The number of nitrogens with one attached hydrogen (secondary N) is 1. The van der Waals surface area contributed by atoms with E-state index in [4.69, 9.17) is 5.26 Å². The molecule has 0 fully saturated rings. The van der Waals surface area contributed by atoms with Gasteiger partial charge in [-0.2, -0.15) is 5.26 Å². The van der Waals surface area contributed by atoms with Gasteiger partial charge in [-0.3, -0.25) is 4.79 Å². The number of sulfone groups is 1. The summed E-state index contributed by atoms with van der Waals surface area (Å²) in [6, 6.07) is 13.1. The molecule has 0 saturated heterocycles. The number of nitriles is 1. The third kappa shape index (κ3) is 4.97. The highest BCUT2D eigenvalue weighted by Crippen LogP contribution is 2.22. The van der Waals surface area contributed by atoms with Crippen LogP contribution in [-0.4, -0.2) is 30.8 Å². The van der Waals surface area contributed by atoms with Crippen molar-refractivity contribution in [1.82, 2.24) is 0 Å². The highest BCUT2D eigenvalue weighted by Gasteiger charge is 2.36. The second-order valence-corrected chi connectivity index (χ2v) is 9.34.